The summed E-state index contributed by atoms with van der Waals surface area (Å²) in [5, 5.41) is 0. The van der Waals surface area contributed by atoms with E-state index in [1.54, 1.807) is 0 Å². The number of ether oxygens (including phenoxy) is 1. The molecule has 0 amide bonds. The van der Waals surface area contributed by atoms with Gasteiger partial charge in [-0.3, -0.25) is 4.79 Å². The molecular formula is C30H44O4. The second-order valence-electron chi connectivity index (χ2n) is 12.9. The first-order chi connectivity index (χ1) is 16.0. The number of hydrogen-bond acceptors (Lipinski definition) is 4. The van der Waals surface area contributed by atoms with Crippen molar-refractivity contribution in [2.24, 2.45) is 40.4 Å². The molecule has 2 bridgehead atoms. The first kappa shape index (κ1) is 24.3. The predicted molar refractivity (Wildman–Crippen MR) is 134 cm³/mol. The molecule has 2 saturated carbocycles. The maximum atomic E-state index is 11.6. The Morgan fingerprint density at radius 3 is 2.50 bits per heavy atom. The number of fused-ring (bicyclic) bond motifs is 2. The van der Waals surface area contributed by atoms with E-state index in [1.165, 1.54) is 25.3 Å². The highest BCUT2D eigenvalue weighted by Crippen LogP contribution is 2.71. The Balaban J connectivity index is 1.45. The van der Waals surface area contributed by atoms with Crippen molar-refractivity contribution in [3.8, 4) is 0 Å². The number of carbonyl (C=O) groups excluding carboxylic acids is 1. The van der Waals surface area contributed by atoms with Crippen LogP contribution in [0.15, 0.2) is 36.0 Å². The fourth-order valence-electron chi connectivity index (χ4n) is 8.33. The van der Waals surface area contributed by atoms with Crippen LogP contribution in [0.2, 0.25) is 0 Å². The van der Waals surface area contributed by atoms with E-state index < -0.39 is 11.2 Å². The highest BCUT2D eigenvalue weighted by atomic mass is 17.2. The Hall–Kier alpha value is -1.39. The zero-order valence-electron chi connectivity index (χ0n) is 22.2. The lowest BCUT2D eigenvalue weighted by molar-refractivity contribution is -0.455. The number of rotatable bonds is 5. The minimum atomic E-state index is -0.548. The van der Waals surface area contributed by atoms with Crippen LogP contribution in [0.4, 0.5) is 0 Å². The number of allylic oxidation sites excluding steroid dienone is 3. The van der Waals surface area contributed by atoms with Gasteiger partial charge in [-0.05, 0) is 78.9 Å². The van der Waals surface area contributed by atoms with Crippen LogP contribution >= 0.6 is 0 Å². The molecule has 0 radical (unpaired) electrons. The summed E-state index contributed by atoms with van der Waals surface area (Å²) in [5.41, 5.74) is 0.489. The molecule has 1 saturated heterocycles. The standard InChI is InChI=1S/C30H44O4/c1-19(2)20(3)8-9-21(4)24-10-11-25-27(24,6)14-13-26-28(7)15-12-23(32-22(5)31)18-29(28)16-17-30(25,26)34-33-29/h8-9,13,16-17,19-21,23-25H,10-12,14-15,18H2,1-7H3/b9-8+/t20-,21+,23+,24-,25-,27+,28+,29+,30-/m0/s1. The van der Waals surface area contributed by atoms with Gasteiger partial charge in [0.15, 0.2) is 0 Å². The van der Waals surface area contributed by atoms with E-state index in [1.807, 2.05) is 0 Å². The van der Waals surface area contributed by atoms with E-state index in [-0.39, 0.29) is 22.9 Å². The lowest BCUT2D eigenvalue weighted by Crippen LogP contribution is -2.69. The molecule has 0 aromatic rings. The number of carbonyl (C=O) groups is 1. The molecule has 4 heteroatoms. The highest BCUT2D eigenvalue weighted by molar-refractivity contribution is 5.66. The second-order valence-corrected chi connectivity index (χ2v) is 12.9. The first-order valence-corrected chi connectivity index (χ1v) is 13.6. The molecular weight excluding hydrogens is 424 g/mol. The van der Waals surface area contributed by atoms with Gasteiger partial charge in [0.05, 0.1) is 0 Å². The van der Waals surface area contributed by atoms with Gasteiger partial charge in [-0.15, -0.1) is 0 Å². The molecule has 9 atom stereocenters. The van der Waals surface area contributed by atoms with Crippen molar-refractivity contribution in [1.82, 2.24) is 0 Å². The van der Waals surface area contributed by atoms with Gasteiger partial charge in [-0.2, -0.15) is 0 Å². The van der Waals surface area contributed by atoms with Crippen LogP contribution in [-0.4, -0.2) is 23.3 Å². The molecule has 0 N–H and O–H groups in total. The van der Waals surface area contributed by atoms with Crippen LogP contribution in [0.3, 0.4) is 0 Å². The molecule has 2 aliphatic heterocycles. The molecule has 0 unspecified atom stereocenters. The Kier molecular flexibility index (Phi) is 5.76. The summed E-state index contributed by atoms with van der Waals surface area (Å²) in [4.78, 5) is 24.5. The average molecular weight is 469 g/mol. The topological polar surface area (TPSA) is 44.8 Å². The van der Waals surface area contributed by atoms with Crippen molar-refractivity contribution in [2.45, 2.75) is 104 Å². The van der Waals surface area contributed by atoms with Crippen LogP contribution in [0, 0.1) is 40.4 Å². The Morgan fingerprint density at radius 1 is 1.09 bits per heavy atom. The highest BCUT2D eigenvalue weighted by Gasteiger charge is 2.72. The van der Waals surface area contributed by atoms with Crippen LogP contribution in [0.1, 0.15) is 87.0 Å². The molecule has 4 aliphatic carbocycles. The lowest BCUT2D eigenvalue weighted by atomic mass is 9.46. The Labute approximate surface area is 206 Å². The van der Waals surface area contributed by atoms with E-state index in [2.05, 4.69) is 71.9 Å². The minimum Gasteiger partial charge on any atom is -0.462 e. The van der Waals surface area contributed by atoms with Crippen LogP contribution in [0.25, 0.3) is 0 Å². The van der Waals surface area contributed by atoms with E-state index in [4.69, 9.17) is 14.5 Å². The van der Waals surface area contributed by atoms with E-state index >= 15 is 0 Å². The van der Waals surface area contributed by atoms with Gasteiger partial charge < -0.3 is 4.74 Å². The SMILES string of the molecule is CC(=O)O[C@@H]1CC[C@]2(C)C3=CC[C@]4(C)[C@H]([C@H](C)/C=C/[C@H](C)C(C)C)CC[C@@H]4[C@@]34C=C[C@]2(C1)OO4. The fraction of sp³-hybridized carbons (Fsp3) is 0.767. The van der Waals surface area contributed by atoms with Gasteiger partial charge in [0.25, 0.3) is 0 Å². The lowest BCUT2D eigenvalue weighted by Gasteiger charge is -2.66. The molecule has 6 rings (SSSR count). The summed E-state index contributed by atoms with van der Waals surface area (Å²) in [5.74, 6) is 2.67. The summed E-state index contributed by atoms with van der Waals surface area (Å²) in [6.07, 6.45) is 17.9. The van der Waals surface area contributed by atoms with Gasteiger partial charge in [0, 0.05) is 24.7 Å². The van der Waals surface area contributed by atoms with E-state index in [0.29, 0.717) is 36.0 Å². The maximum Gasteiger partial charge on any atom is 0.302 e. The molecule has 2 heterocycles. The second kappa shape index (κ2) is 8.06. The van der Waals surface area contributed by atoms with Gasteiger partial charge in [0.2, 0.25) is 0 Å². The maximum absolute atomic E-state index is 11.6. The van der Waals surface area contributed by atoms with E-state index in [0.717, 1.165) is 19.3 Å². The quantitative estimate of drug-likeness (QED) is 0.248. The summed E-state index contributed by atoms with van der Waals surface area (Å²) in [7, 11) is 0. The summed E-state index contributed by atoms with van der Waals surface area (Å²) in [6, 6.07) is 0. The van der Waals surface area contributed by atoms with Gasteiger partial charge in [-0.1, -0.05) is 59.8 Å². The third-order valence-electron chi connectivity index (χ3n) is 10.8. The molecule has 2 spiro atoms. The summed E-state index contributed by atoms with van der Waals surface area (Å²) in [6.45, 7) is 15.7. The number of hydrogen-bond donors (Lipinski definition) is 0. The largest absolute Gasteiger partial charge is 0.462 e. The molecule has 0 aromatic heterocycles. The number of esters is 1. The minimum absolute atomic E-state index is 0.115. The molecule has 3 fully saturated rings. The zero-order valence-corrected chi connectivity index (χ0v) is 22.2. The van der Waals surface area contributed by atoms with Gasteiger partial charge in [0.1, 0.15) is 17.3 Å². The zero-order chi connectivity index (χ0) is 24.5. The van der Waals surface area contributed by atoms with Crippen LogP contribution in [0.5, 0.6) is 0 Å². The average Bonchev–Trinajstić information content (AvgIpc) is 3.14. The summed E-state index contributed by atoms with van der Waals surface area (Å²) < 4.78 is 5.61. The monoisotopic (exact) mass is 468 g/mol. The van der Waals surface area contributed by atoms with Gasteiger partial charge >= 0.3 is 5.97 Å². The molecule has 188 valence electrons. The normalized spacial score (nSPS) is 46.6. The first-order valence-electron chi connectivity index (χ1n) is 13.6. The molecule has 4 nitrogen and oxygen atoms in total. The Bertz CT molecular complexity index is 932. The predicted octanol–water partition coefficient (Wildman–Crippen LogP) is 6.96. The van der Waals surface area contributed by atoms with Crippen molar-refractivity contribution >= 4 is 5.97 Å². The fourth-order valence-corrected chi connectivity index (χ4v) is 8.33. The van der Waals surface area contributed by atoms with Crippen LogP contribution in [-0.2, 0) is 19.3 Å². The van der Waals surface area contributed by atoms with Crippen molar-refractivity contribution < 1.29 is 19.3 Å². The van der Waals surface area contributed by atoms with Crippen molar-refractivity contribution in [2.75, 3.05) is 0 Å². The van der Waals surface area contributed by atoms with Gasteiger partial charge in [-0.25, -0.2) is 9.78 Å². The van der Waals surface area contributed by atoms with Crippen molar-refractivity contribution in [1.29, 1.82) is 0 Å². The van der Waals surface area contributed by atoms with Crippen molar-refractivity contribution in [3.63, 3.8) is 0 Å². The molecule has 0 aromatic carbocycles. The van der Waals surface area contributed by atoms with Crippen molar-refractivity contribution in [3.05, 3.63) is 36.0 Å². The van der Waals surface area contributed by atoms with Crippen LogP contribution < -0.4 is 0 Å². The third kappa shape index (κ3) is 3.27. The Morgan fingerprint density at radius 2 is 1.85 bits per heavy atom. The third-order valence-corrected chi connectivity index (χ3v) is 10.8. The smallest absolute Gasteiger partial charge is 0.302 e. The molecule has 6 aliphatic rings. The van der Waals surface area contributed by atoms with E-state index in [9.17, 15) is 4.79 Å². The molecule has 34 heavy (non-hydrogen) atoms. The summed E-state index contributed by atoms with van der Waals surface area (Å²) >= 11 is 0.